The molecular formula is C10H15F2N3O2. The Kier molecular flexibility index (Phi) is 6.34. The lowest BCUT2D eigenvalue weighted by atomic mass is 10.4. The van der Waals surface area contributed by atoms with Gasteiger partial charge in [0, 0.05) is 13.0 Å². The SMILES string of the molecule is C=CCNCc1nc(CCOCC(F)F)no1. The lowest BCUT2D eigenvalue weighted by molar-refractivity contribution is 0.0182. The van der Waals surface area contributed by atoms with Crippen LogP contribution >= 0.6 is 0 Å². The number of nitrogens with one attached hydrogen (secondary N) is 1. The lowest BCUT2D eigenvalue weighted by Gasteiger charge is -1.99. The third kappa shape index (κ3) is 6.08. The van der Waals surface area contributed by atoms with Crippen LogP contribution in [0.1, 0.15) is 11.7 Å². The summed E-state index contributed by atoms with van der Waals surface area (Å²) < 4.78 is 33.1. The zero-order valence-electron chi connectivity index (χ0n) is 9.36. The molecule has 0 amide bonds. The van der Waals surface area contributed by atoms with Crippen LogP contribution in [0.2, 0.25) is 0 Å². The van der Waals surface area contributed by atoms with Crippen LogP contribution in [-0.2, 0) is 17.7 Å². The predicted molar refractivity (Wildman–Crippen MR) is 56.7 cm³/mol. The first-order valence-electron chi connectivity index (χ1n) is 5.21. The second-order valence-electron chi connectivity index (χ2n) is 3.24. The largest absolute Gasteiger partial charge is 0.375 e. The fourth-order valence-electron chi connectivity index (χ4n) is 1.08. The molecule has 0 unspecified atom stereocenters. The summed E-state index contributed by atoms with van der Waals surface area (Å²) in [5.74, 6) is 0.908. The maximum Gasteiger partial charge on any atom is 0.261 e. The Bertz CT molecular complexity index is 331. The second kappa shape index (κ2) is 7.86. The van der Waals surface area contributed by atoms with Crippen molar-refractivity contribution < 1.29 is 18.0 Å². The molecule has 7 heteroatoms. The Morgan fingerprint density at radius 1 is 1.53 bits per heavy atom. The van der Waals surface area contributed by atoms with Gasteiger partial charge in [-0.3, -0.25) is 0 Å². The van der Waals surface area contributed by atoms with Gasteiger partial charge >= 0.3 is 0 Å². The molecule has 0 saturated heterocycles. The topological polar surface area (TPSA) is 60.2 Å². The minimum Gasteiger partial charge on any atom is -0.375 e. The summed E-state index contributed by atoms with van der Waals surface area (Å²) in [6.07, 6.45) is -0.369. The first kappa shape index (κ1) is 13.7. The average molecular weight is 247 g/mol. The summed E-state index contributed by atoms with van der Waals surface area (Å²) in [4.78, 5) is 4.06. The van der Waals surface area contributed by atoms with Gasteiger partial charge in [0.25, 0.3) is 6.43 Å². The van der Waals surface area contributed by atoms with Gasteiger partial charge in [0.1, 0.15) is 6.61 Å². The molecule has 0 aliphatic heterocycles. The molecule has 0 aliphatic rings. The molecule has 17 heavy (non-hydrogen) atoms. The third-order valence-electron chi connectivity index (χ3n) is 1.79. The van der Waals surface area contributed by atoms with Crippen molar-refractivity contribution in [1.82, 2.24) is 15.5 Å². The molecule has 0 fully saturated rings. The summed E-state index contributed by atoms with van der Waals surface area (Å²) in [6.45, 7) is 4.25. The van der Waals surface area contributed by atoms with Crippen LogP contribution in [0.4, 0.5) is 8.78 Å². The number of ether oxygens (including phenoxy) is 1. The van der Waals surface area contributed by atoms with E-state index in [9.17, 15) is 8.78 Å². The van der Waals surface area contributed by atoms with Crippen molar-refractivity contribution in [1.29, 1.82) is 0 Å². The molecule has 1 rings (SSSR count). The van der Waals surface area contributed by atoms with Crippen LogP contribution in [0.3, 0.4) is 0 Å². The Hall–Kier alpha value is -1.34. The van der Waals surface area contributed by atoms with E-state index in [4.69, 9.17) is 9.26 Å². The Morgan fingerprint density at radius 2 is 2.35 bits per heavy atom. The highest BCUT2D eigenvalue weighted by Gasteiger charge is 2.06. The van der Waals surface area contributed by atoms with Gasteiger partial charge in [0.2, 0.25) is 5.89 Å². The van der Waals surface area contributed by atoms with E-state index < -0.39 is 13.0 Å². The van der Waals surface area contributed by atoms with E-state index in [1.54, 1.807) is 6.08 Å². The van der Waals surface area contributed by atoms with Crippen LogP contribution in [0.25, 0.3) is 0 Å². The normalized spacial score (nSPS) is 11.0. The van der Waals surface area contributed by atoms with Gasteiger partial charge in [0.15, 0.2) is 5.82 Å². The average Bonchev–Trinajstić information content (AvgIpc) is 2.73. The fraction of sp³-hybridized carbons (Fsp3) is 0.600. The summed E-state index contributed by atoms with van der Waals surface area (Å²) in [6, 6.07) is 0. The molecule has 0 atom stereocenters. The Morgan fingerprint density at radius 3 is 3.06 bits per heavy atom. The zero-order valence-corrected chi connectivity index (χ0v) is 9.36. The van der Waals surface area contributed by atoms with Gasteiger partial charge in [0.05, 0.1) is 13.2 Å². The number of alkyl halides is 2. The number of rotatable bonds is 9. The molecular weight excluding hydrogens is 232 g/mol. The standard InChI is InChI=1S/C10H15F2N3O2/c1-2-4-13-6-10-14-9(15-17-10)3-5-16-7-8(11)12/h2,8,13H,1,3-7H2. The van der Waals surface area contributed by atoms with Crippen LogP contribution in [0, 0.1) is 0 Å². The highest BCUT2D eigenvalue weighted by atomic mass is 19.3. The summed E-state index contributed by atoms with van der Waals surface area (Å²) in [5.41, 5.74) is 0. The number of halogens is 2. The molecule has 0 radical (unpaired) electrons. The molecule has 0 aromatic carbocycles. The van der Waals surface area contributed by atoms with Crippen LogP contribution in [-0.4, -0.2) is 36.3 Å². The summed E-state index contributed by atoms with van der Waals surface area (Å²) in [7, 11) is 0. The van der Waals surface area contributed by atoms with Crippen molar-refractivity contribution in [2.75, 3.05) is 19.8 Å². The lowest BCUT2D eigenvalue weighted by Crippen LogP contribution is -2.12. The van der Waals surface area contributed by atoms with Crippen molar-refractivity contribution in [2.24, 2.45) is 0 Å². The molecule has 1 N–H and O–H groups in total. The quantitative estimate of drug-likeness (QED) is 0.524. The predicted octanol–water partition coefficient (Wildman–Crippen LogP) is 1.17. The van der Waals surface area contributed by atoms with Gasteiger partial charge in [-0.2, -0.15) is 4.98 Å². The molecule has 1 heterocycles. The molecule has 0 saturated carbocycles. The van der Waals surface area contributed by atoms with E-state index in [-0.39, 0.29) is 6.61 Å². The van der Waals surface area contributed by atoms with Crippen molar-refractivity contribution >= 4 is 0 Å². The summed E-state index contributed by atoms with van der Waals surface area (Å²) in [5, 5.41) is 6.69. The minimum atomic E-state index is -2.45. The van der Waals surface area contributed by atoms with Gasteiger partial charge in [-0.1, -0.05) is 11.2 Å². The number of hydrogen-bond donors (Lipinski definition) is 1. The monoisotopic (exact) mass is 247 g/mol. The highest BCUT2D eigenvalue weighted by molar-refractivity contribution is 4.86. The van der Waals surface area contributed by atoms with E-state index in [1.807, 2.05) is 0 Å². The van der Waals surface area contributed by atoms with Crippen molar-refractivity contribution in [3.8, 4) is 0 Å². The maximum atomic E-state index is 11.7. The van der Waals surface area contributed by atoms with Gasteiger partial charge < -0.3 is 14.6 Å². The molecule has 5 nitrogen and oxygen atoms in total. The van der Waals surface area contributed by atoms with Gasteiger partial charge in [-0.05, 0) is 0 Å². The first-order valence-corrected chi connectivity index (χ1v) is 5.21. The molecule has 0 bridgehead atoms. The molecule has 1 aromatic heterocycles. The summed E-state index contributed by atoms with van der Waals surface area (Å²) >= 11 is 0. The van der Waals surface area contributed by atoms with E-state index in [0.717, 1.165) is 0 Å². The van der Waals surface area contributed by atoms with Crippen molar-refractivity contribution in [3.63, 3.8) is 0 Å². The first-order chi connectivity index (χ1) is 8.22. The molecule has 0 aliphatic carbocycles. The van der Waals surface area contributed by atoms with Gasteiger partial charge in [-0.25, -0.2) is 8.78 Å². The smallest absolute Gasteiger partial charge is 0.261 e. The van der Waals surface area contributed by atoms with E-state index in [0.29, 0.717) is 31.2 Å². The number of hydrogen-bond acceptors (Lipinski definition) is 5. The van der Waals surface area contributed by atoms with Gasteiger partial charge in [-0.15, -0.1) is 6.58 Å². The highest BCUT2D eigenvalue weighted by Crippen LogP contribution is 1.99. The fourth-order valence-corrected chi connectivity index (χ4v) is 1.08. The molecule has 0 spiro atoms. The van der Waals surface area contributed by atoms with E-state index in [2.05, 4.69) is 22.0 Å². The van der Waals surface area contributed by atoms with E-state index in [1.165, 1.54) is 0 Å². The Balaban J connectivity index is 2.18. The van der Waals surface area contributed by atoms with Crippen LogP contribution in [0.15, 0.2) is 17.2 Å². The number of nitrogens with zero attached hydrogens (tertiary/aromatic N) is 2. The Labute approximate surface area is 97.8 Å². The second-order valence-corrected chi connectivity index (χ2v) is 3.24. The van der Waals surface area contributed by atoms with Crippen LogP contribution < -0.4 is 5.32 Å². The van der Waals surface area contributed by atoms with Crippen molar-refractivity contribution in [3.05, 3.63) is 24.4 Å². The zero-order chi connectivity index (χ0) is 12.5. The van der Waals surface area contributed by atoms with Crippen molar-refractivity contribution in [2.45, 2.75) is 19.4 Å². The van der Waals surface area contributed by atoms with Crippen LogP contribution in [0.5, 0.6) is 0 Å². The molecule has 96 valence electrons. The van der Waals surface area contributed by atoms with E-state index >= 15 is 0 Å². The number of aromatic nitrogens is 2. The third-order valence-corrected chi connectivity index (χ3v) is 1.79. The minimum absolute atomic E-state index is 0.156. The molecule has 1 aromatic rings. The maximum absolute atomic E-state index is 11.7.